The van der Waals surface area contributed by atoms with Gasteiger partial charge in [0.05, 0.1) is 28.0 Å². The van der Waals surface area contributed by atoms with Crippen LogP contribution in [-0.2, 0) is 9.59 Å². The Hall–Kier alpha value is -3.81. The predicted octanol–water partition coefficient (Wildman–Crippen LogP) is 3.13. The van der Waals surface area contributed by atoms with Crippen LogP contribution in [0.25, 0.3) is 0 Å². The summed E-state index contributed by atoms with van der Waals surface area (Å²) in [7, 11) is 0. The quantitative estimate of drug-likeness (QED) is 0.194. The van der Waals surface area contributed by atoms with Gasteiger partial charge >= 0.3 is 5.97 Å². The Balaban J connectivity index is 1.37. The Kier molecular flexibility index (Phi) is 4.02. The molecule has 2 aromatic rings. The van der Waals surface area contributed by atoms with Crippen molar-refractivity contribution in [3.63, 3.8) is 0 Å². The Morgan fingerprint density at radius 3 is 2.23 bits per heavy atom. The molecule has 5 rings (SSSR count). The summed E-state index contributed by atoms with van der Waals surface area (Å²) in [5, 5.41) is 10.7. The van der Waals surface area contributed by atoms with Gasteiger partial charge in [-0.05, 0) is 48.6 Å². The maximum atomic E-state index is 12.9. The van der Waals surface area contributed by atoms with E-state index in [1.807, 2.05) is 12.2 Å². The molecule has 30 heavy (non-hydrogen) atoms. The fourth-order valence-corrected chi connectivity index (χ4v) is 4.73. The second-order valence-electron chi connectivity index (χ2n) is 7.70. The molecule has 3 aliphatic rings. The summed E-state index contributed by atoms with van der Waals surface area (Å²) in [5.74, 6) is -1.39. The van der Waals surface area contributed by atoms with Gasteiger partial charge in [0.25, 0.3) is 5.69 Å². The van der Waals surface area contributed by atoms with Gasteiger partial charge in [-0.3, -0.25) is 19.7 Å². The van der Waals surface area contributed by atoms with Crippen molar-refractivity contribution < 1.29 is 24.0 Å². The average molecular weight is 404 g/mol. The minimum Gasteiger partial charge on any atom is -0.423 e. The van der Waals surface area contributed by atoms with E-state index in [2.05, 4.69) is 0 Å². The van der Waals surface area contributed by atoms with Crippen LogP contribution in [0.5, 0.6) is 5.75 Å². The summed E-state index contributed by atoms with van der Waals surface area (Å²) >= 11 is 0. The number of imide groups is 1. The van der Waals surface area contributed by atoms with Crippen molar-refractivity contribution >= 4 is 29.2 Å². The zero-order valence-electron chi connectivity index (χ0n) is 15.6. The first kappa shape index (κ1) is 18.2. The number of anilines is 1. The van der Waals surface area contributed by atoms with E-state index < -0.39 is 10.9 Å². The monoisotopic (exact) mass is 404 g/mol. The number of fused-ring (bicyclic) bond motifs is 5. The molecule has 2 aromatic carbocycles. The van der Waals surface area contributed by atoms with Crippen LogP contribution in [0.3, 0.4) is 0 Å². The van der Waals surface area contributed by atoms with Gasteiger partial charge in [-0.1, -0.05) is 18.2 Å². The number of non-ortho nitro benzene ring substituents is 1. The first-order chi connectivity index (χ1) is 14.4. The lowest BCUT2D eigenvalue weighted by molar-refractivity contribution is -0.384. The predicted molar refractivity (Wildman–Crippen MR) is 105 cm³/mol. The maximum absolute atomic E-state index is 12.9. The summed E-state index contributed by atoms with van der Waals surface area (Å²) in [6, 6.07) is 11.3. The summed E-state index contributed by atoms with van der Waals surface area (Å²) in [5.41, 5.74) is 0.401. The fourth-order valence-electron chi connectivity index (χ4n) is 4.73. The van der Waals surface area contributed by atoms with Crippen molar-refractivity contribution in [1.29, 1.82) is 0 Å². The van der Waals surface area contributed by atoms with Gasteiger partial charge in [0.15, 0.2) is 0 Å². The number of nitro groups is 1. The van der Waals surface area contributed by atoms with Crippen molar-refractivity contribution in [2.75, 3.05) is 4.90 Å². The van der Waals surface area contributed by atoms with Gasteiger partial charge in [-0.15, -0.1) is 0 Å². The molecule has 8 heteroatoms. The number of rotatable bonds is 4. The molecular formula is C22H16N2O6. The number of carbonyl (C=O) groups excluding carboxylic acids is 3. The third-order valence-electron chi connectivity index (χ3n) is 6.07. The van der Waals surface area contributed by atoms with Gasteiger partial charge in [-0.25, -0.2) is 9.69 Å². The van der Waals surface area contributed by atoms with Crippen LogP contribution in [0.15, 0.2) is 60.7 Å². The molecule has 0 spiro atoms. The van der Waals surface area contributed by atoms with E-state index in [0.29, 0.717) is 5.69 Å². The molecule has 0 N–H and O–H groups in total. The minimum absolute atomic E-state index is 0.108. The molecule has 8 nitrogen and oxygen atoms in total. The molecule has 4 atom stereocenters. The van der Waals surface area contributed by atoms with Crippen molar-refractivity contribution in [3.05, 3.63) is 76.4 Å². The average Bonchev–Trinajstić information content (AvgIpc) is 3.42. The van der Waals surface area contributed by atoms with Crippen molar-refractivity contribution in [2.45, 2.75) is 6.42 Å². The van der Waals surface area contributed by atoms with Crippen LogP contribution < -0.4 is 9.64 Å². The van der Waals surface area contributed by atoms with Crippen LogP contribution >= 0.6 is 0 Å². The van der Waals surface area contributed by atoms with Crippen LogP contribution in [0.4, 0.5) is 11.4 Å². The number of allylic oxidation sites excluding steroid dienone is 2. The lowest BCUT2D eigenvalue weighted by Crippen LogP contribution is -2.33. The zero-order valence-corrected chi connectivity index (χ0v) is 15.6. The van der Waals surface area contributed by atoms with Gasteiger partial charge in [0, 0.05) is 12.1 Å². The minimum atomic E-state index is -0.688. The molecule has 1 aliphatic heterocycles. The molecule has 2 fully saturated rings. The van der Waals surface area contributed by atoms with Crippen LogP contribution in [0.1, 0.15) is 16.8 Å². The summed E-state index contributed by atoms with van der Waals surface area (Å²) in [4.78, 5) is 49.8. The molecule has 1 heterocycles. The van der Waals surface area contributed by atoms with Crippen LogP contribution in [0.2, 0.25) is 0 Å². The van der Waals surface area contributed by atoms with Crippen molar-refractivity contribution in [3.8, 4) is 5.75 Å². The number of benzene rings is 2. The molecule has 2 bridgehead atoms. The van der Waals surface area contributed by atoms with Gasteiger partial charge in [0.2, 0.25) is 11.8 Å². The Bertz CT molecular complexity index is 1090. The summed E-state index contributed by atoms with van der Waals surface area (Å²) < 4.78 is 5.27. The summed E-state index contributed by atoms with van der Waals surface area (Å²) in [6.07, 6.45) is 4.90. The van der Waals surface area contributed by atoms with E-state index in [1.165, 1.54) is 41.3 Å². The Morgan fingerprint density at radius 1 is 1.00 bits per heavy atom. The van der Waals surface area contributed by atoms with Gasteiger partial charge < -0.3 is 4.74 Å². The molecular weight excluding hydrogens is 388 g/mol. The number of ether oxygens (including phenoxy) is 1. The van der Waals surface area contributed by atoms with Crippen molar-refractivity contribution in [2.24, 2.45) is 23.7 Å². The third-order valence-corrected chi connectivity index (χ3v) is 6.07. The lowest BCUT2D eigenvalue weighted by atomic mass is 9.85. The molecule has 0 aromatic heterocycles. The number of hydrogen-bond donors (Lipinski definition) is 0. The number of carbonyl (C=O) groups is 3. The van der Waals surface area contributed by atoms with E-state index in [-0.39, 0.29) is 52.5 Å². The smallest absolute Gasteiger partial charge is 0.343 e. The summed E-state index contributed by atoms with van der Waals surface area (Å²) in [6.45, 7) is 0. The molecule has 0 radical (unpaired) electrons. The van der Waals surface area contributed by atoms with Crippen LogP contribution in [0, 0.1) is 33.8 Å². The Morgan fingerprint density at radius 2 is 1.63 bits per heavy atom. The number of amides is 2. The standard InChI is InChI=1S/C22H16N2O6/c25-20-18-12-4-5-13(10-12)19(18)21(26)23(20)16-3-1-2-14(11-16)22(27)30-17-8-6-15(7-9-17)24(28)29/h1-9,11-13,18-19H,10H2/t12-,13+,18+,19-. The zero-order chi connectivity index (χ0) is 21.0. The van der Waals surface area contributed by atoms with Crippen LogP contribution in [-0.4, -0.2) is 22.7 Å². The van der Waals surface area contributed by atoms with Gasteiger partial charge in [-0.2, -0.15) is 0 Å². The topological polar surface area (TPSA) is 107 Å². The van der Waals surface area contributed by atoms with E-state index in [0.717, 1.165) is 6.42 Å². The second-order valence-corrected chi connectivity index (χ2v) is 7.70. The lowest BCUT2D eigenvalue weighted by Gasteiger charge is -2.18. The third kappa shape index (κ3) is 2.72. The molecule has 150 valence electrons. The maximum Gasteiger partial charge on any atom is 0.343 e. The molecule has 1 saturated carbocycles. The van der Waals surface area contributed by atoms with Crippen molar-refractivity contribution in [1.82, 2.24) is 0 Å². The number of nitro benzene ring substituents is 1. The van der Waals surface area contributed by atoms with E-state index in [9.17, 15) is 24.5 Å². The normalized spacial score (nSPS) is 26.2. The molecule has 1 saturated heterocycles. The van der Waals surface area contributed by atoms with Gasteiger partial charge in [0.1, 0.15) is 5.75 Å². The van der Waals surface area contributed by atoms with E-state index in [1.54, 1.807) is 12.1 Å². The number of nitrogens with zero attached hydrogens (tertiary/aromatic N) is 2. The highest BCUT2D eigenvalue weighted by Crippen LogP contribution is 2.53. The first-order valence-electron chi connectivity index (χ1n) is 9.57. The molecule has 2 amide bonds. The first-order valence-corrected chi connectivity index (χ1v) is 9.57. The van der Waals surface area contributed by atoms with E-state index >= 15 is 0 Å². The highest BCUT2D eigenvalue weighted by molar-refractivity contribution is 6.23. The highest BCUT2D eigenvalue weighted by atomic mass is 16.6. The second kappa shape index (κ2) is 6.62. The SMILES string of the molecule is O=C(Oc1ccc([N+](=O)[O-])cc1)c1cccc(N2C(=O)[C@@H]3[C@H](C2=O)[C@H]2C=C[C@@H]3C2)c1. The Labute approximate surface area is 170 Å². The fraction of sp³-hybridized carbons (Fsp3) is 0.227. The molecule has 0 unspecified atom stereocenters. The highest BCUT2D eigenvalue weighted by Gasteiger charge is 2.59. The number of esters is 1. The number of hydrogen-bond acceptors (Lipinski definition) is 6. The molecule has 2 aliphatic carbocycles. The van der Waals surface area contributed by atoms with E-state index in [4.69, 9.17) is 4.74 Å². The largest absolute Gasteiger partial charge is 0.423 e.